The van der Waals surface area contributed by atoms with Crippen LogP contribution >= 0.6 is 7.21 Å². The molecule has 0 spiro atoms. The summed E-state index contributed by atoms with van der Waals surface area (Å²) < 4.78 is 20.3. The van der Waals surface area contributed by atoms with Gasteiger partial charge in [-0.3, -0.25) is 0 Å². The summed E-state index contributed by atoms with van der Waals surface area (Å²) in [7, 11) is -1.35. The second-order valence-corrected chi connectivity index (χ2v) is 14.6. The van der Waals surface area contributed by atoms with Gasteiger partial charge in [0.2, 0.25) is 0 Å². The summed E-state index contributed by atoms with van der Waals surface area (Å²) in [6.45, 7) is 7.79. The molecule has 3 aromatic rings. The third kappa shape index (κ3) is 6.33. The molecule has 0 aliphatic rings. The van der Waals surface area contributed by atoms with Crippen molar-refractivity contribution < 1.29 is 24.0 Å². The standard InChI is InChI=1S/C32H43N2O5P/c1-25(2)34(26(3)4)40(35,36,23-14-21-33)24-22-39-32(27-15-9-7-10-16-27,28-17-11-8-12-18-28)29-19-13-20-30(37-5)31(29)38-6/h7-13,15-20,25-26,35-36H,14,22-24H2,1-6H3. The average molecular weight is 567 g/mol. The van der Waals surface area contributed by atoms with Crippen LogP contribution in [-0.2, 0) is 10.3 Å². The molecule has 0 saturated heterocycles. The van der Waals surface area contributed by atoms with Gasteiger partial charge in [-0.2, -0.15) is 0 Å². The molecule has 0 saturated carbocycles. The van der Waals surface area contributed by atoms with Crippen LogP contribution in [0.5, 0.6) is 11.5 Å². The summed E-state index contributed by atoms with van der Waals surface area (Å²) in [5.74, 6) is 1.09. The number of nitrogens with zero attached hydrogens (tertiary/aromatic N) is 2. The first-order chi connectivity index (χ1) is 19.0. The maximum atomic E-state index is 12.1. The van der Waals surface area contributed by atoms with Crippen molar-refractivity contribution >= 4 is 7.21 Å². The van der Waals surface area contributed by atoms with Gasteiger partial charge >= 0.3 is 239 Å². The predicted octanol–water partition coefficient (Wildman–Crippen LogP) is 6.33. The van der Waals surface area contributed by atoms with Crippen LogP contribution in [0.3, 0.4) is 0 Å². The normalized spacial score (nSPS) is 13.2. The monoisotopic (exact) mass is 566 g/mol. The Kier molecular flexibility index (Phi) is 10.3. The molecule has 0 bridgehead atoms. The van der Waals surface area contributed by atoms with E-state index in [0.717, 1.165) is 16.7 Å². The van der Waals surface area contributed by atoms with Crippen molar-refractivity contribution in [2.24, 2.45) is 0 Å². The van der Waals surface area contributed by atoms with Crippen LogP contribution in [0.25, 0.3) is 0 Å². The van der Waals surface area contributed by atoms with Crippen molar-refractivity contribution in [3.63, 3.8) is 0 Å². The van der Waals surface area contributed by atoms with Gasteiger partial charge in [0.15, 0.2) is 0 Å². The van der Waals surface area contributed by atoms with Gasteiger partial charge in [0.05, 0.1) is 0 Å². The SMILES string of the molecule is COc1cccc(C(OCCP(O)(O)(CCC#N)N(C(C)C)C(C)C)(c2ccccc2)c2ccccc2)c1OC. The Bertz CT molecular complexity index is 1230. The number of para-hydroxylation sites is 1. The van der Waals surface area contributed by atoms with Crippen LogP contribution < -0.4 is 9.47 Å². The molecule has 8 heteroatoms. The van der Waals surface area contributed by atoms with E-state index in [1.165, 1.54) is 0 Å². The van der Waals surface area contributed by atoms with E-state index in [9.17, 15) is 15.0 Å². The Balaban J connectivity index is 2.23. The van der Waals surface area contributed by atoms with Crippen molar-refractivity contribution in [2.45, 2.75) is 51.8 Å². The molecular formula is C32H43N2O5P. The first-order valence-electron chi connectivity index (χ1n) is 13.7. The van der Waals surface area contributed by atoms with Gasteiger partial charge in [-0.05, 0) is 0 Å². The van der Waals surface area contributed by atoms with Crippen LogP contribution in [-0.4, -0.2) is 59.7 Å². The zero-order chi connectivity index (χ0) is 29.4. The molecule has 216 valence electrons. The fraction of sp³-hybridized carbons (Fsp3) is 0.406. The molecule has 2 N–H and O–H groups in total. The number of ether oxygens (including phenoxy) is 3. The van der Waals surface area contributed by atoms with Crippen molar-refractivity contribution in [2.75, 3.05) is 33.2 Å². The van der Waals surface area contributed by atoms with Crippen molar-refractivity contribution in [3.8, 4) is 17.6 Å². The summed E-state index contributed by atoms with van der Waals surface area (Å²) in [5, 5.41) is 9.38. The molecule has 3 aromatic carbocycles. The fourth-order valence-electron chi connectivity index (χ4n) is 5.90. The van der Waals surface area contributed by atoms with E-state index in [-0.39, 0.29) is 37.4 Å². The van der Waals surface area contributed by atoms with Gasteiger partial charge in [0.25, 0.3) is 0 Å². The van der Waals surface area contributed by atoms with Crippen LogP contribution in [0.1, 0.15) is 50.8 Å². The molecule has 0 heterocycles. The number of hydrogen-bond donors (Lipinski definition) is 2. The van der Waals surface area contributed by atoms with Gasteiger partial charge in [-0.15, -0.1) is 0 Å². The zero-order valence-electron chi connectivity index (χ0n) is 24.4. The Hall–Kier alpha value is -2.98. The molecule has 40 heavy (non-hydrogen) atoms. The van der Waals surface area contributed by atoms with Crippen molar-refractivity contribution in [1.29, 1.82) is 5.26 Å². The molecule has 0 aliphatic heterocycles. The third-order valence-corrected chi connectivity index (χ3v) is 11.5. The minimum absolute atomic E-state index is 0.0103. The number of rotatable bonds is 14. The Morgan fingerprint density at radius 1 is 0.800 bits per heavy atom. The summed E-state index contributed by atoms with van der Waals surface area (Å²) in [6, 6.07) is 27.2. The van der Waals surface area contributed by atoms with E-state index in [1.54, 1.807) is 18.9 Å². The molecule has 0 fully saturated rings. The number of hydrogen-bond acceptors (Lipinski definition) is 7. The van der Waals surface area contributed by atoms with Crippen LogP contribution in [0.2, 0.25) is 0 Å². The second-order valence-electron chi connectivity index (χ2n) is 10.6. The van der Waals surface area contributed by atoms with Gasteiger partial charge in [0.1, 0.15) is 0 Å². The minimum atomic E-state index is -4.54. The zero-order valence-corrected chi connectivity index (χ0v) is 25.3. The second kappa shape index (κ2) is 13.1. The van der Waals surface area contributed by atoms with Gasteiger partial charge in [-0.25, -0.2) is 0 Å². The van der Waals surface area contributed by atoms with E-state index < -0.39 is 12.8 Å². The molecular weight excluding hydrogens is 523 g/mol. The number of benzene rings is 3. The van der Waals surface area contributed by atoms with Crippen LogP contribution in [0, 0.1) is 11.3 Å². The molecule has 0 radical (unpaired) electrons. The molecule has 0 atom stereocenters. The first kappa shape index (κ1) is 31.5. The van der Waals surface area contributed by atoms with E-state index in [0.29, 0.717) is 11.5 Å². The molecule has 3 rings (SSSR count). The van der Waals surface area contributed by atoms with E-state index in [4.69, 9.17) is 14.2 Å². The number of nitriles is 1. The Morgan fingerprint density at radius 3 is 1.80 bits per heavy atom. The summed E-state index contributed by atoms with van der Waals surface area (Å²) in [5.41, 5.74) is 1.27. The Labute approximate surface area is 239 Å². The van der Waals surface area contributed by atoms with E-state index >= 15 is 0 Å². The summed E-state index contributed by atoms with van der Waals surface area (Å²) in [6.07, 6.45) is -0.0156. The van der Waals surface area contributed by atoms with Gasteiger partial charge in [0, 0.05) is 0 Å². The third-order valence-electron chi connectivity index (χ3n) is 7.28. The Morgan fingerprint density at radius 2 is 1.35 bits per heavy atom. The molecule has 0 aliphatic carbocycles. The summed E-state index contributed by atoms with van der Waals surface area (Å²) >= 11 is 0. The van der Waals surface area contributed by atoms with Gasteiger partial charge < -0.3 is 0 Å². The van der Waals surface area contributed by atoms with E-state index in [2.05, 4.69) is 6.07 Å². The maximum absolute atomic E-state index is 12.1. The molecule has 7 nitrogen and oxygen atoms in total. The number of methoxy groups -OCH3 is 2. The summed E-state index contributed by atoms with van der Waals surface area (Å²) in [4.78, 5) is 24.3. The van der Waals surface area contributed by atoms with E-state index in [1.807, 2.05) is 107 Å². The van der Waals surface area contributed by atoms with Crippen molar-refractivity contribution in [3.05, 3.63) is 95.6 Å². The molecule has 0 aromatic heterocycles. The molecule has 0 unspecified atom stereocenters. The molecule has 0 amide bonds. The van der Waals surface area contributed by atoms with Gasteiger partial charge in [-0.1, -0.05) is 0 Å². The quantitative estimate of drug-likeness (QED) is 0.174. The topological polar surface area (TPSA) is 95.2 Å². The van der Waals surface area contributed by atoms with Crippen molar-refractivity contribution in [1.82, 2.24) is 4.67 Å². The van der Waals surface area contributed by atoms with Crippen LogP contribution in [0.15, 0.2) is 78.9 Å². The predicted molar refractivity (Wildman–Crippen MR) is 162 cm³/mol. The fourth-order valence-corrected chi connectivity index (χ4v) is 9.74. The first-order valence-corrected chi connectivity index (χ1v) is 16.1. The average Bonchev–Trinajstić information content (AvgIpc) is 2.94. The van der Waals surface area contributed by atoms with Crippen LogP contribution in [0.4, 0.5) is 0 Å².